The minimum absolute atomic E-state index is 0.187. The molecule has 0 aromatic heterocycles. The van der Waals surface area contributed by atoms with Gasteiger partial charge in [0.1, 0.15) is 5.75 Å². The zero-order valence-corrected chi connectivity index (χ0v) is 11.2. The number of hydrogen-bond acceptors (Lipinski definition) is 2. The minimum atomic E-state index is 0.187. The summed E-state index contributed by atoms with van der Waals surface area (Å²) in [6.45, 7) is 8.73. The van der Waals surface area contributed by atoms with E-state index in [4.69, 9.17) is 4.74 Å². The number of carbonyl (C=O) groups is 1. The molecule has 17 heavy (non-hydrogen) atoms. The van der Waals surface area contributed by atoms with Gasteiger partial charge in [-0.05, 0) is 31.9 Å². The molecule has 2 nitrogen and oxygen atoms in total. The van der Waals surface area contributed by atoms with E-state index in [2.05, 4.69) is 13.8 Å². The molecule has 1 aromatic carbocycles. The quantitative estimate of drug-likeness (QED) is 0.695. The molecule has 94 valence electrons. The molecule has 0 saturated carbocycles. The highest BCUT2D eigenvalue weighted by Crippen LogP contribution is 2.23. The Kier molecular flexibility index (Phi) is 5.20. The summed E-state index contributed by atoms with van der Waals surface area (Å²) in [6, 6.07) is 5.80. The van der Waals surface area contributed by atoms with E-state index in [0.29, 0.717) is 24.7 Å². The monoisotopic (exact) mass is 234 g/mol. The van der Waals surface area contributed by atoms with Gasteiger partial charge in [0, 0.05) is 6.42 Å². The molecule has 0 bridgehead atoms. The van der Waals surface area contributed by atoms with Crippen molar-refractivity contribution in [1.82, 2.24) is 0 Å². The summed E-state index contributed by atoms with van der Waals surface area (Å²) in [6.07, 6.45) is 1.63. The van der Waals surface area contributed by atoms with Gasteiger partial charge in [-0.1, -0.05) is 31.9 Å². The molecular weight excluding hydrogens is 212 g/mol. The van der Waals surface area contributed by atoms with Crippen molar-refractivity contribution in [3.05, 3.63) is 29.3 Å². The number of ketones is 1. The number of Topliss-reactive ketones (excluding diaryl/α,β-unsaturated/α-hetero) is 1. The van der Waals surface area contributed by atoms with Crippen LogP contribution in [0.15, 0.2) is 18.2 Å². The molecule has 0 radical (unpaired) electrons. The van der Waals surface area contributed by atoms with Crippen molar-refractivity contribution in [1.29, 1.82) is 0 Å². The Balaban J connectivity index is 2.93. The lowest BCUT2D eigenvalue weighted by Crippen LogP contribution is -2.08. The highest BCUT2D eigenvalue weighted by molar-refractivity contribution is 5.99. The van der Waals surface area contributed by atoms with Gasteiger partial charge < -0.3 is 4.74 Å². The van der Waals surface area contributed by atoms with Crippen molar-refractivity contribution in [2.45, 2.75) is 40.5 Å². The van der Waals surface area contributed by atoms with Crippen LogP contribution in [0.2, 0.25) is 0 Å². The van der Waals surface area contributed by atoms with Gasteiger partial charge in [-0.15, -0.1) is 0 Å². The van der Waals surface area contributed by atoms with E-state index < -0.39 is 0 Å². The SMILES string of the molecule is CCOc1ccc(C)cc1C(=O)CC(C)CC. The molecule has 0 aliphatic rings. The van der Waals surface area contributed by atoms with E-state index in [1.807, 2.05) is 32.0 Å². The van der Waals surface area contributed by atoms with E-state index in [0.717, 1.165) is 17.5 Å². The zero-order chi connectivity index (χ0) is 12.8. The molecule has 0 aliphatic heterocycles. The zero-order valence-electron chi connectivity index (χ0n) is 11.2. The van der Waals surface area contributed by atoms with E-state index in [9.17, 15) is 4.79 Å². The van der Waals surface area contributed by atoms with Gasteiger partial charge in [0.2, 0.25) is 0 Å². The maximum absolute atomic E-state index is 12.2. The van der Waals surface area contributed by atoms with Gasteiger partial charge in [0.05, 0.1) is 12.2 Å². The molecule has 0 fully saturated rings. The van der Waals surface area contributed by atoms with Crippen molar-refractivity contribution in [2.75, 3.05) is 6.61 Å². The van der Waals surface area contributed by atoms with Gasteiger partial charge in [0.15, 0.2) is 5.78 Å². The summed E-state index contributed by atoms with van der Waals surface area (Å²) in [5.41, 5.74) is 1.83. The summed E-state index contributed by atoms with van der Waals surface area (Å²) in [4.78, 5) is 12.2. The Hall–Kier alpha value is -1.31. The fourth-order valence-corrected chi connectivity index (χ4v) is 1.71. The van der Waals surface area contributed by atoms with Crippen LogP contribution in [0.3, 0.4) is 0 Å². The first-order chi connectivity index (χ1) is 8.08. The number of ether oxygens (including phenoxy) is 1. The molecule has 1 rings (SSSR count). The maximum Gasteiger partial charge on any atom is 0.166 e. The molecular formula is C15H22O2. The van der Waals surface area contributed by atoms with Crippen LogP contribution in [-0.2, 0) is 0 Å². The molecule has 0 aliphatic carbocycles. The van der Waals surface area contributed by atoms with E-state index >= 15 is 0 Å². The number of aryl methyl sites for hydroxylation is 1. The van der Waals surface area contributed by atoms with Crippen molar-refractivity contribution in [3.8, 4) is 5.75 Å². The third-order valence-corrected chi connectivity index (χ3v) is 2.97. The number of hydrogen-bond donors (Lipinski definition) is 0. The topological polar surface area (TPSA) is 26.3 Å². The summed E-state index contributed by atoms with van der Waals surface area (Å²) in [5, 5.41) is 0. The molecule has 0 amide bonds. The second-order valence-corrected chi connectivity index (χ2v) is 4.57. The van der Waals surface area contributed by atoms with E-state index in [-0.39, 0.29) is 5.78 Å². The summed E-state index contributed by atoms with van der Waals surface area (Å²) in [7, 11) is 0. The van der Waals surface area contributed by atoms with Crippen molar-refractivity contribution >= 4 is 5.78 Å². The molecule has 0 saturated heterocycles. The molecule has 2 heteroatoms. The van der Waals surface area contributed by atoms with Crippen LogP contribution in [0.4, 0.5) is 0 Å². The molecule has 1 atom stereocenters. The Morgan fingerprint density at radius 3 is 2.65 bits per heavy atom. The first kappa shape index (κ1) is 13.8. The minimum Gasteiger partial charge on any atom is -0.493 e. The molecule has 0 spiro atoms. The molecule has 1 aromatic rings. The highest BCUT2D eigenvalue weighted by atomic mass is 16.5. The largest absolute Gasteiger partial charge is 0.493 e. The van der Waals surface area contributed by atoms with Crippen molar-refractivity contribution in [3.63, 3.8) is 0 Å². The van der Waals surface area contributed by atoms with Crippen molar-refractivity contribution < 1.29 is 9.53 Å². The summed E-state index contributed by atoms with van der Waals surface area (Å²) >= 11 is 0. The predicted molar refractivity (Wildman–Crippen MR) is 70.8 cm³/mol. The van der Waals surface area contributed by atoms with Crippen LogP contribution >= 0.6 is 0 Å². The van der Waals surface area contributed by atoms with Crippen LogP contribution < -0.4 is 4.74 Å². The van der Waals surface area contributed by atoms with E-state index in [1.54, 1.807) is 0 Å². The van der Waals surface area contributed by atoms with Crippen LogP contribution in [0.25, 0.3) is 0 Å². The Bertz CT molecular complexity index is 383. The second kappa shape index (κ2) is 6.43. The van der Waals surface area contributed by atoms with Crippen LogP contribution in [0, 0.1) is 12.8 Å². The van der Waals surface area contributed by atoms with Gasteiger partial charge in [-0.3, -0.25) is 4.79 Å². The Morgan fingerprint density at radius 2 is 2.06 bits per heavy atom. The van der Waals surface area contributed by atoms with E-state index in [1.165, 1.54) is 0 Å². The van der Waals surface area contributed by atoms with Crippen LogP contribution in [0.5, 0.6) is 5.75 Å². The van der Waals surface area contributed by atoms with Gasteiger partial charge in [-0.25, -0.2) is 0 Å². The third kappa shape index (κ3) is 3.88. The lowest BCUT2D eigenvalue weighted by atomic mass is 9.96. The standard InChI is InChI=1S/C15H22O2/c1-5-11(3)10-14(16)13-9-12(4)7-8-15(13)17-6-2/h7-9,11H,5-6,10H2,1-4H3. The molecule has 0 heterocycles. The Morgan fingerprint density at radius 1 is 1.35 bits per heavy atom. The second-order valence-electron chi connectivity index (χ2n) is 4.57. The maximum atomic E-state index is 12.2. The number of benzene rings is 1. The lowest BCUT2D eigenvalue weighted by molar-refractivity contribution is 0.0960. The molecule has 0 N–H and O–H groups in total. The average Bonchev–Trinajstić information content (AvgIpc) is 2.31. The fourth-order valence-electron chi connectivity index (χ4n) is 1.71. The summed E-state index contributed by atoms with van der Waals surface area (Å²) < 4.78 is 5.51. The Labute approximate surface area is 104 Å². The van der Waals surface area contributed by atoms with Crippen molar-refractivity contribution in [2.24, 2.45) is 5.92 Å². The average molecular weight is 234 g/mol. The predicted octanol–water partition coefficient (Wildman–Crippen LogP) is 4.01. The lowest BCUT2D eigenvalue weighted by Gasteiger charge is -2.12. The first-order valence-corrected chi connectivity index (χ1v) is 6.35. The van der Waals surface area contributed by atoms with Crippen LogP contribution in [0.1, 0.15) is 49.5 Å². The highest BCUT2D eigenvalue weighted by Gasteiger charge is 2.15. The number of rotatable bonds is 6. The van der Waals surface area contributed by atoms with Gasteiger partial charge >= 0.3 is 0 Å². The summed E-state index contributed by atoms with van der Waals surface area (Å²) in [5.74, 6) is 1.33. The normalized spacial score (nSPS) is 12.2. The fraction of sp³-hybridized carbons (Fsp3) is 0.533. The number of carbonyl (C=O) groups excluding carboxylic acids is 1. The van der Waals surface area contributed by atoms with Gasteiger partial charge in [0.25, 0.3) is 0 Å². The van der Waals surface area contributed by atoms with Gasteiger partial charge in [-0.2, -0.15) is 0 Å². The molecule has 1 unspecified atom stereocenters. The van der Waals surface area contributed by atoms with Crippen LogP contribution in [-0.4, -0.2) is 12.4 Å². The first-order valence-electron chi connectivity index (χ1n) is 6.35. The smallest absolute Gasteiger partial charge is 0.166 e. The third-order valence-electron chi connectivity index (χ3n) is 2.97.